The van der Waals surface area contributed by atoms with E-state index in [0.717, 1.165) is 10.9 Å². The van der Waals surface area contributed by atoms with Crippen molar-refractivity contribution in [3.63, 3.8) is 0 Å². The number of aromatic amines is 1. The molecule has 35 heavy (non-hydrogen) atoms. The minimum absolute atomic E-state index is 0.154. The van der Waals surface area contributed by atoms with E-state index in [1.54, 1.807) is 36.2 Å². The molecule has 0 spiro atoms. The van der Waals surface area contributed by atoms with Crippen LogP contribution in [0, 0.1) is 0 Å². The number of fused-ring (bicyclic) bond motifs is 1. The van der Waals surface area contributed by atoms with Crippen LogP contribution in [0.5, 0.6) is 0 Å². The second-order valence-electron chi connectivity index (χ2n) is 7.88. The number of aromatic nitrogens is 4. The van der Waals surface area contributed by atoms with E-state index in [1.807, 2.05) is 32.3 Å². The zero-order valence-electron chi connectivity index (χ0n) is 19.3. The zero-order valence-corrected chi connectivity index (χ0v) is 20.1. The number of amides is 2. The first-order valence-electron chi connectivity index (χ1n) is 10.6. The van der Waals surface area contributed by atoms with Gasteiger partial charge in [-0.15, -0.1) is 0 Å². The van der Waals surface area contributed by atoms with Gasteiger partial charge in [0, 0.05) is 18.1 Å². The third-order valence-corrected chi connectivity index (χ3v) is 5.21. The molecule has 180 valence electrons. The molecule has 0 unspecified atom stereocenters. The lowest BCUT2D eigenvalue weighted by molar-refractivity contribution is -0.116. The molecule has 4 aromatic rings. The van der Waals surface area contributed by atoms with Crippen molar-refractivity contribution >= 4 is 63.3 Å². The quantitative estimate of drug-likeness (QED) is 0.252. The third-order valence-electron chi connectivity index (χ3n) is 4.93. The smallest absolute Gasteiger partial charge is 0.253 e. The van der Waals surface area contributed by atoms with Crippen molar-refractivity contribution < 1.29 is 9.59 Å². The molecule has 4 rings (SSSR count). The Hall–Kier alpha value is -4.22. The molecule has 12 heteroatoms. The van der Waals surface area contributed by atoms with Gasteiger partial charge in [0.25, 0.3) is 5.91 Å². The first-order chi connectivity index (χ1) is 16.8. The zero-order chi connectivity index (χ0) is 24.9. The van der Waals surface area contributed by atoms with Crippen molar-refractivity contribution in [2.24, 2.45) is 0 Å². The lowest BCUT2D eigenvalue weighted by Crippen LogP contribution is -2.27. The van der Waals surface area contributed by atoms with E-state index >= 15 is 0 Å². The number of benzene rings is 2. The molecule has 2 aromatic carbocycles. The first kappa shape index (κ1) is 23.9. The van der Waals surface area contributed by atoms with Crippen LogP contribution in [-0.2, 0) is 4.79 Å². The van der Waals surface area contributed by atoms with Crippen LogP contribution in [0.4, 0.5) is 29.0 Å². The maximum Gasteiger partial charge on any atom is 0.253 e. The minimum atomic E-state index is -0.234. The first-order valence-corrected chi connectivity index (χ1v) is 11.0. The maximum absolute atomic E-state index is 12.2. The fourth-order valence-corrected chi connectivity index (χ4v) is 3.49. The number of para-hydroxylation sites is 1. The number of halogens is 1. The van der Waals surface area contributed by atoms with E-state index in [4.69, 9.17) is 11.6 Å². The fourth-order valence-electron chi connectivity index (χ4n) is 3.35. The van der Waals surface area contributed by atoms with E-state index in [-0.39, 0.29) is 18.4 Å². The van der Waals surface area contributed by atoms with Gasteiger partial charge in [-0.2, -0.15) is 10.1 Å². The van der Waals surface area contributed by atoms with Crippen LogP contribution < -0.4 is 21.3 Å². The Bertz CT molecular complexity index is 1390. The topological polar surface area (TPSA) is 140 Å². The highest BCUT2D eigenvalue weighted by Crippen LogP contribution is 2.28. The van der Waals surface area contributed by atoms with Crippen LogP contribution in [0.15, 0.2) is 48.7 Å². The summed E-state index contributed by atoms with van der Waals surface area (Å²) >= 11 is 6.30. The SMILES string of the molecule is CNC(=O)c1ccccc1Nc1nc(Nc2ccc3c(NC(=O)CN(C)C)n[nH]c3c2)ncc1Cl. The highest BCUT2D eigenvalue weighted by atomic mass is 35.5. The lowest BCUT2D eigenvalue weighted by Gasteiger charge is -2.13. The average molecular weight is 494 g/mol. The molecule has 0 saturated carbocycles. The molecule has 2 aromatic heterocycles. The van der Waals surface area contributed by atoms with Crippen molar-refractivity contribution in [3.8, 4) is 0 Å². The van der Waals surface area contributed by atoms with E-state index < -0.39 is 0 Å². The monoisotopic (exact) mass is 493 g/mol. The number of nitrogens with one attached hydrogen (secondary N) is 5. The van der Waals surface area contributed by atoms with Crippen molar-refractivity contribution in [3.05, 3.63) is 59.2 Å². The largest absolute Gasteiger partial charge is 0.355 e. The molecule has 0 aliphatic heterocycles. The van der Waals surface area contributed by atoms with Crippen molar-refractivity contribution in [1.82, 2.24) is 30.4 Å². The lowest BCUT2D eigenvalue weighted by atomic mass is 10.1. The average Bonchev–Trinajstić information content (AvgIpc) is 3.22. The van der Waals surface area contributed by atoms with Crippen molar-refractivity contribution in [2.45, 2.75) is 0 Å². The van der Waals surface area contributed by atoms with Gasteiger partial charge in [0.05, 0.1) is 29.5 Å². The number of H-pyrrole nitrogens is 1. The number of anilines is 5. The maximum atomic E-state index is 12.2. The molecule has 2 amide bonds. The molecular weight excluding hydrogens is 470 g/mol. The van der Waals surface area contributed by atoms with Crippen molar-refractivity contribution in [2.75, 3.05) is 43.6 Å². The Morgan fingerprint density at radius 1 is 1.09 bits per heavy atom. The van der Waals surface area contributed by atoms with Crippen LogP contribution in [0.3, 0.4) is 0 Å². The predicted molar refractivity (Wildman–Crippen MR) is 137 cm³/mol. The van der Waals surface area contributed by atoms with Crippen LogP contribution in [-0.4, -0.2) is 64.6 Å². The number of rotatable bonds is 8. The predicted octanol–water partition coefficient (Wildman–Crippen LogP) is 3.35. The van der Waals surface area contributed by atoms with Crippen LogP contribution in [0.2, 0.25) is 5.02 Å². The number of hydrogen-bond donors (Lipinski definition) is 5. The number of nitrogens with zero attached hydrogens (tertiary/aromatic N) is 4. The van der Waals surface area contributed by atoms with Gasteiger partial charge in [0.15, 0.2) is 11.6 Å². The van der Waals surface area contributed by atoms with Crippen molar-refractivity contribution in [1.29, 1.82) is 0 Å². The second-order valence-corrected chi connectivity index (χ2v) is 8.29. The summed E-state index contributed by atoms with van der Waals surface area (Å²) in [6, 6.07) is 12.5. The van der Waals surface area contributed by atoms with Gasteiger partial charge in [0.2, 0.25) is 11.9 Å². The standard InChI is InChI=1S/C23H24ClN9O2/c1-25-22(35)15-6-4-5-7-17(15)28-21-16(24)11-26-23(30-21)27-13-8-9-14-18(10-13)31-32-20(14)29-19(34)12-33(2)3/h4-11H,12H2,1-3H3,(H,25,35)(H2,26,27,28,30)(H2,29,31,32,34). The summed E-state index contributed by atoms with van der Waals surface area (Å²) in [5, 5.41) is 19.8. The van der Waals surface area contributed by atoms with E-state index in [0.29, 0.717) is 39.5 Å². The summed E-state index contributed by atoms with van der Waals surface area (Å²) < 4.78 is 0. The normalized spacial score (nSPS) is 10.9. The molecule has 0 saturated heterocycles. The van der Waals surface area contributed by atoms with E-state index in [2.05, 4.69) is 41.4 Å². The van der Waals surface area contributed by atoms with Crippen LogP contribution in [0.1, 0.15) is 10.4 Å². The number of hydrogen-bond acceptors (Lipinski definition) is 8. The molecule has 0 fully saturated rings. The van der Waals surface area contributed by atoms with Gasteiger partial charge < -0.3 is 26.2 Å². The molecule has 0 bridgehead atoms. The Morgan fingerprint density at radius 3 is 2.66 bits per heavy atom. The Morgan fingerprint density at radius 2 is 1.89 bits per heavy atom. The van der Waals surface area contributed by atoms with Gasteiger partial charge in [-0.3, -0.25) is 14.7 Å². The number of carbonyl (C=O) groups excluding carboxylic acids is 2. The minimum Gasteiger partial charge on any atom is -0.355 e. The molecule has 0 radical (unpaired) electrons. The number of likely N-dealkylation sites (N-methyl/N-ethyl adjacent to an activating group) is 1. The van der Waals surface area contributed by atoms with Gasteiger partial charge >= 0.3 is 0 Å². The van der Waals surface area contributed by atoms with Crippen LogP contribution in [0.25, 0.3) is 10.9 Å². The number of carbonyl (C=O) groups is 2. The Kier molecular flexibility index (Phi) is 7.09. The summed E-state index contributed by atoms with van der Waals surface area (Å²) in [5.41, 5.74) is 2.44. The summed E-state index contributed by atoms with van der Waals surface area (Å²) in [6.45, 7) is 0.256. The molecule has 0 aliphatic carbocycles. The highest BCUT2D eigenvalue weighted by Gasteiger charge is 2.14. The van der Waals surface area contributed by atoms with Gasteiger partial charge in [-0.1, -0.05) is 23.7 Å². The summed E-state index contributed by atoms with van der Waals surface area (Å²) in [4.78, 5) is 34.7. The van der Waals surface area contributed by atoms with E-state index in [9.17, 15) is 9.59 Å². The molecule has 0 aliphatic rings. The molecular formula is C23H24ClN9O2. The van der Waals surface area contributed by atoms with Crippen LogP contribution >= 0.6 is 11.6 Å². The second kappa shape index (κ2) is 10.4. The van der Waals surface area contributed by atoms with Gasteiger partial charge in [-0.05, 0) is 44.4 Å². The molecule has 0 atom stereocenters. The Labute approximate surface area is 206 Å². The summed E-state index contributed by atoms with van der Waals surface area (Å²) in [5.74, 6) is 0.712. The molecule has 11 nitrogen and oxygen atoms in total. The molecule has 5 N–H and O–H groups in total. The van der Waals surface area contributed by atoms with Gasteiger partial charge in [-0.25, -0.2) is 4.98 Å². The highest BCUT2D eigenvalue weighted by molar-refractivity contribution is 6.33. The Balaban J connectivity index is 1.53. The van der Waals surface area contributed by atoms with Gasteiger partial charge in [0.1, 0.15) is 5.02 Å². The third kappa shape index (κ3) is 5.65. The summed E-state index contributed by atoms with van der Waals surface area (Å²) in [6.07, 6.45) is 1.47. The summed E-state index contributed by atoms with van der Waals surface area (Å²) in [7, 11) is 5.21. The van der Waals surface area contributed by atoms with E-state index in [1.165, 1.54) is 6.20 Å². The molecule has 2 heterocycles. The fraction of sp³-hybridized carbons (Fsp3) is 0.174.